The molecule has 0 aromatic rings. The molecule has 0 radical (unpaired) electrons. The second-order valence-corrected chi connectivity index (χ2v) is 4.24. The van der Waals surface area contributed by atoms with Gasteiger partial charge in [0, 0.05) is 26.1 Å². The fraction of sp³-hybridized carbons (Fsp3) is 0.909. The average molecular weight is 213 g/mol. The Bertz CT molecular complexity index is 196. The van der Waals surface area contributed by atoms with Crippen LogP contribution in [0.25, 0.3) is 0 Å². The quantitative estimate of drug-likeness (QED) is 0.675. The van der Waals surface area contributed by atoms with Crippen LogP contribution in [0, 0.1) is 0 Å². The lowest BCUT2D eigenvalue weighted by Gasteiger charge is -2.20. The average Bonchev–Trinajstić information content (AvgIpc) is 2.43. The van der Waals surface area contributed by atoms with E-state index in [1.807, 2.05) is 11.9 Å². The first-order chi connectivity index (χ1) is 7.24. The first-order valence-corrected chi connectivity index (χ1v) is 5.85. The molecule has 0 spiro atoms. The third-order valence-electron chi connectivity index (χ3n) is 2.89. The highest BCUT2D eigenvalue weighted by atomic mass is 16.2. The second kappa shape index (κ2) is 6.80. The van der Waals surface area contributed by atoms with E-state index in [0.717, 1.165) is 45.6 Å². The van der Waals surface area contributed by atoms with Crippen LogP contribution in [-0.4, -0.2) is 62.5 Å². The summed E-state index contributed by atoms with van der Waals surface area (Å²) in [6.45, 7) is 4.88. The lowest BCUT2D eigenvalue weighted by molar-refractivity contribution is -0.131. The first-order valence-electron chi connectivity index (χ1n) is 5.85. The van der Waals surface area contributed by atoms with Crippen LogP contribution in [0.1, 0.15) is 19.3 Å². The lowest BCUT2D eigenvalue weighted by atomic mass is 10.2. The van der Waals surface area contributed by atoms with E-state index in [2.05, 4.69) is 17.3 Å². The Morgan fingerprint density at radius 3 is 2.80 bits per heavy atom. The molecule has 88 valence electrons. The molecular weight excluding hydrogens is 190 g/mol. The van der Waals surface area contributed by atoms with Gasteiger partial charge in [-0.25, -0.2) is 0 Å². The minimum absolute atomic E-state index is 0.320. The Morgan fingerprint density at radius 1 is 1.27 bits per heavy atom. The van der Waals surface area contributed by atoms with Gasteiger partial charge in [-0.3, -0.25) is 4.79 Å². The minimum atomic E-state index is 0.320. The van der Waals surface area contributed by atoms with Gasteiger partial charge < -0.3 is 15.1 Å². The number of rotatable bonds is 4. The molecule has 1 fully saturated rings. The highest BCUT2D eigenvalue weighted by Gasteiger charge is 2.16. The van der Waals surface area contributed by atoms with E-state index in [4.69, 9.17) is 0 Å². The summed E-state index contributed by atoms with van der Waals surface area (Å²) in [6, 6.07) is 0. The maximum atomic E-state index is 11.8. The molecular formula is C11H23N3O. The van der Waals surface area contributed by atoms with Crippen LogP contribution in [0.5, 0.6) is 0 Å². The Labute approximate surface area is 92.6 Å². The smallest absolute Gasteiger partial charge is 0.222 e. The normalized spacial score (nSPS) is 18.9. The summed E-state index contributed by atoms with van der Waals surface area (Å²) < 4.78 is 0. The largest absolute Gasteiger partial charge is 0.341 e. The van der Waals surface area contributed by atoms with Gasteiger partial charge in [-0.15, -0.1) is 0 Å². The predicted molar refractivity (Wildman–Crippen MR) is 61.9 cm³/mol. The van der Waals surface area contributed by atoms with Crippen LogP contribution in [-0.2, 0) is 4.79 Å². The zero-order valence-electron chi connectivity index (χ0n) is 9.96. The molecule has 1 aliphatic rings. The van der Waals surface area contributed by atoms with Crippen molar-refractivity contribution >= 4 is 5.91 Å². The minimum Gasteiger partial charge on any atom is -0.341 e. The third-order valence-corrected chi connectivity index (χ3v) is 2.89. The maximum Gasteiger partial charge on any atom is 0.222 e. The van der Waals surface area contributed by atoms with E-state index in [0.29, 0.717) is 12.3 Å². The molecule has 1 amide bonds. The summed E-state index contributed by atoms with van der Waals surface area (Å²) in [7, 11) is 4.04. The number of hydrogen-bond acceptors (Lipinski definition) is 3. The van der Waals surface area contributed by atoms with Gasteiger partial charge in [-0.1, -0.05) is 0 Å². The number of likely N-dealkylation sites (N-methyl/N-ethyl adjacent to an activating group) is 1. The van der Waals surface area contributed by atoms with Crippen molar-refractivity contribution in [2.45, 2.75) is 19.3 Å². The SMILES string of the molecule is CNCCCC(=O)N1CCCN(C)CC1. The number of nitrogens with one attached hydrogen (secondary N) is 1. The van der Waals surface area contributed by atoms with E-state index < -0.39 is 0 Å². The summed E-state index contributed by atoms with van der Waals surface area (Å²) in [6.07, 6.45) is 2.74. The molecule has 15 heavy (non-hydrogen) atoms. The molecule has 0 aromatic heterocycles. The summed E-state index contributed by atoms with van der Waals surface area (Å²) in [5.41, 5.74) is 0. The zero-order chi connectivity index (χ0) is 11.1. The molecule has 1 aliphatic heterocycles. The van der Waals surface area contributed by atoms with Crippen molar-refractivity contribution in [3.05, 3.63) is 0 Å². The van der Waals surface area contributed by atoms with Crippen LogP contribution >= 0.6 is 0 Å². The second-order valence-electron chi connectivity index (χ2n) is 4.24. The van der Waals surface area contributed by atoms with Gasteiger partial charge in [0.15, 0.2) is 0 Å². The van der Waals surface area contributed by atoms with Crippen molar-refractivity contribution in [2.24, 2.45) is 0 Å². The standard InChI is InChI=1S/C11H23N3O/c1-12-6-3-5-11(15)14-8-4-7-13(2)9-10-14/h12H,3-10H2,1-2H3. The van der Waals surface area contributed by atoms with Gasteiger partial charge in [-0.2, -0.15) is 0 Å². The summed E-state index contributed by atoms with van der Waals surface area (Å²) in [5.74, 6) is 0.320. The summed E-state index contributed by atoms with van der Waals surface area (Å²) >= 11 is 0. The maximum absolute atomic E-state index is 11.8. The predicted octanol–water partition coefficient (Wildman–Crippen LogP) is 0.150. The van der Waals surface area contributed by atoms with Gasteiger partial charge in [0.25, 0.3) is 0 Å². The van der Waals surface area contributed by atoms with Crippen LogP contribution in [0.4, 0.5) is 0 Å². The molecule has 1 rings (SSSR count). The van der Waals surface area contributed by atoms with Crippen LogP contribution in [0.2, 0.25) is 0 Å². The van der Waals surface area contributed by atoms with E-state index in [9.17, 15) is 4.79 Å². The number of amides is 1. The van der Waals surface area contributed by atoms with Crippen molar-refractivity contribution in [1.82, 2.24) is 15.1 Å². The topological polar surface area (TPSA) is 35.6 Å². The fourth-order valence-corrected chi connectivity index (χ4v) is 1.87. The van der Waals surface area contributed by atoms with Gasteiger partial charge in [0.1, 0.15) is 0 Å². The van der Waals surface area contributed by atoms with Crippen molar-refractivity contribution in [1.29, 1.82) is 0 Å². The number of carbonyl (C=O) groups is 1. The lowest BCUT2D eigenvalue weighted by Crippen LogP contribution is -2.34. The molecule has 0 unspecified atom stereocenters. The number of nitrogens with zero attached hydrogens (tertiary/aromatic N) is 2. The van der Waals surface area contributed by atoms with Crippen LogP contribution in [0.3, 0.4) is 0 Å². The fourth-order valence-electron chi connectivity index (χ4n) is 1.87. The zero-order valence-corrected chi connectivity index (χ0v) is 9.96. The van der Waals surface area contributed by atoms with Gasteiger partial charge in [0.05, 0.1) is 0 Å². The van der Waals surface area contributed by atoms with Gasteiger partial charge in [0.2, 0.25) is 5.91 Å². The Hall–Kier alpha value is -0.610. The summed E-state index contributed by atoms with van der Waals surface area (Å²) in [4.78, 5) is 16.1. The molecule has 4 heteroatoms. The monoisotopic (exact) mass is 213 g/mol. The van der Waals surface area contributed by atoms with Crippen molar-refractivity contribution < 1.29 is 4.79 Å². The molecule has 1 N–H and O–H groups in total. The van der Waals surface area contributed by atoms with Crippen molar-refractivity contribution in [3.63, 3.8) is 0 Å². The number of hydrogen-bond donors (Lipinski definition) is 1. The van der Waals surface area contributed by atoms with Crippen LogP contribution < -0.4 is 5.32 Å². The van der Waals surface area contributed by atoms with Gasteiger partial charge in [-0.05, 0) is 40.0 Å². The molecule has 1 saturated heterocycles. The van der Waals surface area contributed by atoms with E-state index in [1.54, 1.807) is 0 Å². The van der Waals surface area contributed by atoms with E-state index in [-0.39, 0.29) is 0 Å². The van der Waals surface area contributed by atoms with E-state index >= 15 is 0 Å². The van der Waals surface area contributed by atoms with Gasteiger partial charge >= 0.3 is 0 Å². The highest BCUT2D eigenvalue weighted by molar-refractivity contribution is 5.76. The molecule has 0 aliphatic carbocycles. The van der Waals surface area contributed by atoms with Crippen molar-refractivity contribution in [2.75, 3.05) is 46.8 Å². The summed E-state index contributed by atoms with van der Waals surface area (Å²) in [5, 5.41) is 3.07. The highest BCUT2D eigenvalue weighted by Crippen LogP contribution is 2.04. The van der Waals surface area contributed by atoms with Crippen molar-refractivity contribution in [3.8, 4) is 0 Å². The third kappa shape index (κ3) is 4.62. The molecule has 1 heterocycles. The van der Waals surface area contributed by atoms with E-state index in [1.165, 1.54) is 0 Å². The Balaban J connectivity index is 2.25. The molecule has 4 nitrogen and oxygen atoms in total. The van der Waals surface area contributed by atoms with Crippen LogP contribution in [0.15, 0.2) is 0 Å². The number of carbonyl (C=O) groups excluding carboxylic acids is 1. The molecule has 0 saturated carbocycles. The molecule has 0 atom stereocenters. The molecule has 0 aromatic carbocycles. The Morgan fingerprint density at radius 2 is 2.07 bits per heavy atom. The molecule has 0 bridgehead atoms. The Kier molecular flexibility index (Phi) is 5.65. The first kappa shape index (κ1) is 12.5.